The summed E-state index contributed by atoms with van der Waals surface area (Å²) in [7, 11) is 1.66. The Morgan fingerprint density at radius 1 is 1.27 bits per heavy atom. The number of benzene rings is 2. The molecule has 0 unspecified atom stereocenters. The molecule has 2 aromatic carbocycles. The minimum Gasteiger partial charge on any atom is -0.497 e. The largest absolute Gasteiger partial charge is 0.497 e. The van der Waals surface area contributed by atoms with Gasteiger partial charge in [-0.1, -0.05) is 12.1 Å². The molecule has 3 aromatic rings. The van der Waals surface area contributed by atoms with Gasteiger partial charge in [0.1, 0.15) is 23.2 Å². The van der Waals surface area contributed by atoms with E-state index in [4.69, 9.17) is 4.74 Å². The average molecular weight is 347 g/mol. The number of H-pyrrole nitrogens is 1. The van der Waals surface area contributed by atoms with Crippen LogP contribution in [-0.2, 0) is 0 Å². The Balaban J connectivity index is 1.65. The highest BCUT2D eigenvalue weighted by atomic mass is 19.1. The molecule has 4 nitrogen and oxygen atoms in total. The molecular formula is C21H18FN3O. The number of halogens is 1. The van der Waals surface area contributed by atoms with Crippen molar-refractivity contribution < 1.29 is 9.13 Å². The third-order valence-electron chi connectivity index (χ3n) is 4.89. The average Bonchev–Trinajstić information content (AvgIpc) is 3.11. The lowest BCUT2D eigenvalue weighted by atomic mass is 9.98. The topological polar surface area (TPSA) is 52.0 Å². The van der Waals surface area contributed by atoms with E-state index in [9.17, 15) is 9.65 Å². The number of anilines is 1. The number of methoxy groups -OCH3 is 1. The fourth-order valence-corrected chi connectivity index (χ4v) is 3.51. The van der Waals surface area contributed by atoms with Gasteiger partial charge in [0.2, 0.25) is 0 Å². The van der Waals surface area contributed by atoms with Crippen LogP contribution in [0.1, 0.15) is 17.5 Å². The van der Waals surface area contributed by atoms with Gasteiger partial charge in [-0.2, -0.15) is 5.26 Å². The van der Waals surface area contributed by atoms with Crippen LogP contribution in [0.3, 0.4) is 0 Å². The maximum absolute atomic E-state index is 13.9. The molecule has 0 atom stereocenters. The van der Waals surface area contributed by atoms with E-state index in [0.29, 0.717) is 12.2 Å². The summed E-state index contributed by atoms with van der Waals surface area (Å²) in [6.45, 7) is 1.38. The van der Waals surface area contributed by atoms with E-state index in [0.717, 1.165) is 29.6 Å². The highest BCUT2D eigenvalue weighted by Gasteiger charge is 2.19. The van der Waals surface area contributed by atoms with Gasteiger partial charge in [0, 0.05) is 35.8 Å². The van der Waals surface area contributed by atoms with E-state index in [1.165, 1.54) is 17.2 Å². The minimum atomic E-state index is -0.469. The molecule has 0 saturated carbocycles. The van der Waals surface area contributed by atoms with E-state index >= 15 is 0 Å². The van der Waals surface area contributed by atoms with Crippen LogP contribution in [0.25, 0.3) is 16.5 Å². The fraction of sp³-hybridized carbons (Fsp3) is 0.190. The summed E-state index contributed by atoms with van der Waals surface area (Å²) in [5.74, 6) is 0.360. The van der Waals surface area contributed by atoms with Crippen molar-refractivity contribution in [3.8, 4) is 11.8 Å². The molecule has 5 heteroatoms. The van der Waals surface area contributed by atoms with E-state index < -0.39 is 5.82 Å². The number of ether oxygens (including phenoxy) is 1. The van der Waals surface area contributed by atoms with Crippen molar-refractivity contribution in [1.29, 1.82) is 5.26 Å². The summed E-state index contributed by atoms with van der Waals surface area (Å²) in [5, 5.41) is 10.4. The summed E-state index contributed by atoms with van der Waals surface area (Å²) in [6.07, 6.45) is 5.00. The number of nitrogens with one attached hydrogen (secondary N) is 1. The molecule has 1 N–H and O–H groups in total. The van der Waals surface area contributed by atoms with Gasteiger partial charge >= 0.3 is 0 Å². The van der Waals surface area contributed by atoms with Gasteiger partial charge in [-0.3, -0.25) is 0 Å². The Hall–Kier alpha value is -3.26. The highest BCUT2D eigenvalue weighted by molar-refractivity contribution is 5.94. The summed E-state index contributed by atoms with van der Waals surface area (Å²) >= 11 is 0. The second kappa shape index (κ2) is 6.57. The number of hydrogen-bond donors (Lipinski definition) is 1. The fourth-order valence-electron chi connectivity index (χ4n) is 3.51. The maximum Gasteiger partial charge on any atom is 0.143 e. The van der Waals surface area contributed by atoms with Gasteiger partial charge in [-0.15, -0.1) is 0 Å². The number of nitrogens with zero attached hydrogens (tertiary/aromatic N) is 2. The molecule has 0 amide bonds. The van der Waals surface area contributed by atoms with Crippen molar-refractivity contribution >= 4 is 22.2 Å². The SMILES string of the molecule is COc1ccc2[nH]cc(C3=CCN(c4cccc(F)c4C#N)CC3)c2c1. The lowest BCUT2D eigenvalue weighted by Gasteiger charge is -2.29. The lowest BCUT2D eigenvalue weighted by Crippen LogP contribution is -2.29. The third-order valence-corrected chi connectivity index (χ3v) is 4.89. The van der Waals surface area contributed by atoms with Crippen molar-refractivity contribution in [2.75, 3.05) is 25.1 Å². The molecule has 2 heterocycles. The smallest absolute Gasteiger partial charge is 0.143 e. The van der Waals surface area contributed by atoms with E-state index in [1.54, 1.807) is 19.2 Å². The molecule has 0 aliphatic carbocycles. The number of aromatic amines is 1. The van der Waals surface area contributed by atoms with Crippen LogP contribution in [0.15, 0.2) is 48.7 Å². The van der Waals surface area contributed by atoms with E-state index in [-0.39, 0.29) is 5.56 Å². The Kier molecular flexibility index (Phi) is 4.10. The minimum absolute atomic E-state index is 0.112. The van der Waals surface area contributed by atoms with Gasteiger partial charge in [-0.05, 0) is 42.3 Å². The first-order valence-electron chi connectivity index (χ1n) is 8.49. The van der Waals surface area contributed by atoms with Crippen LogP contribution in [0, 0.1) is 17.1 Å². The number of fused-ring (bicyclic) bond motifs is 1. The van der Waals surface area contributed by atoms with Crippen LogP contribution in [0.5, 0.6) is 5.75 Å². The number of nitriles is 1. The standard InChI is InChI=1S/C21H18FN3O/c1-26-15-5-6-20-16(11-15)18(13-24-20)14-7-9-25(10-8-14)21-4-2-3-19(22)17(21)12-23/h2-7,11,13,24H,8-10H2,1H3. The van der Waals surface area contributed by atoms with E-state index in [2.05, 4.69) is 11.1 Å². The van der Waals surface area contributed by atoms with Crippen LogP contribution in [0.2, 0.25) is 0 Å². The summed E-state index contributed by atoms with van der Waals surface area (Å²) in [6, 6.07) is 12.7. The summed E-state index contributed by atoms with van der Waals surface area (Å²) in [5.41, 5.74) is 4.25. The number of aromatic nitrogens is 1. The second-order valence-corrected chi connectivity index (χ2v) is 6.29. The van der Waals surface area contributed by atoms with Crippen molar-refractivity contribution in [3.63, 3.8) is 0 Å². The molecule has 26 heavy (non-hydrogen) atoms. The monoisotopic (exact) mass is 347 g/mol. The lowest BCUT2D eigenvalue weighted by molar-refractivity contribution is 0.415. The molecule has 4 rings (SSSR count). The first kappa shape index (κ1) is 16.2. The first-order chi connectivity index (χ1) is 12.7. The molecule has 130 valence electrons. The molecule has 1 aliphatic heterocycles. The van der Waals surface area contributed by atoms with Gasteiger partial charge in [0.25, 0.3) is 0 Å². The predicted molar refractivity (Wildman–Crippen MR) is 101 cm³/mol. The Bertz CT molecular complexity index is 1050. The number of rotatable bonds is 3. The molecule has 0 fully saturated rings. The molecule has 0 radical (unpaired) electrons. The van der Waals surface area contributed by atoms with Crippen LogP contribution < -0.4 is 9.64 Å². The Morgan fingerprint density at radius 2 is 2.15 bits per heavy atom. The summed E-state index contributed by atoms with van der Waals surface area (Å²) in [4.78, 5) is 5.34. The highest BCUT2D eigenvalue weighted by Crippen LogP contribution is 2.33. The van der Waals surface area contributed by atoms with Crippen molar-refractivity contribution in [2.24, 2.45) is 0 Å². The first-order valence-corrected chi connectivity index (χ1v) is 8.49. The van der Waals surface area contributed by atoms with Crippen molar-refractivity contribution in [2.45, 2.75) is 6.42 Å². The molecule has 0 saturated heterocycles. The molecule has 0 spiro atoms. The Morgan fingerprint density at radius 3 is 2.88 bits per heavy atom. The normalized spacial score (nSPS) is 14.2. The molecule has 1 aromatic heterocycles. The van der Waals surface area contributed by atoms with Crippen LogP contribution in [-0.4, -0.2) is 25.2 Å². The third kappa shape index (κ3) is 2.70. The number of hydrogen-bond acceptors (Lipinski definition) is 3. The Labute approximate surface area is 151 Å². The van der Waals surface area contributed by atoms with Crippen molar-refractivity contribution in [3.05, 3.63) is 65.6 Å². The summed E-state index contributed by atoms with van der Waals surface area (Å²) < 4.78 is 19.2. The van der Waals surface area contributed by atoms with Gasteiger partial charge < -0.3 is 14.6 Å². The zero-order valence-corrected chi connectivity index (χ0v) is 14.4. The second-order valence-electron chi connectivity index (χ2n) is 6.29. The molecular weight excluding hydrogens is 329 g/mol. The zero-order valence-electron chi connectivity index (χ0n) is 14.4. The van der Waals surface area contributed by atoms with Crippen LogP contribution in [0.4, 0.5) is 10.1 Å². The quantitative estimate of drug-likeness (QED) is 0.760. The van der Waals surface area contributed by atoms with E-state index in [1.807, 2.05) is 35.4 Å². The molecule has 0 bridgehead atoms. The van der Waals surface area contributed by atoms with Crippen LogP contribution >= 0.6 is 0 Å². The molecule has 1 aliphatic rings. The van der Waals surface area contributed by atoms with Crippen molar-refractivity contribution in [1.82, 2.24) is 4.98 Å². The van der Waals surface area contributed by atoms with Gasteiger partial charge in [-0.25, -0.2) is 4.39 Å². The predicted octanol–water partition coefficient (Wildman–Crippen LogP) is 4.48. The maximum atomic E-state index is 13.9. The van der Waals surface area contributed by atoms with Gasteiger partial charge in [0.15, 0.2) is 0 Å². The van der Waals surface area contributed by atoms with Gasteiger partial charge in [0.05, 0.1) is 12.8 Å². The zero-order chi connectivity index (χ0) is 18.1.